The fourth-order valence-corrected chi connectivity index (χ4v) is 3.25. The minimum absolute atomic E-state index is 0.245. The summed E-state index contributed by atoms with van der Waals surface area (Å²) in [5.41, 5.74) is 0.785. The number of sulfonamides is 1. The number of likely N-dealkylation sites (N-methyl/N-ethyl adjacent to an activating group) is 1. The molecular formula is C15H22N2O3S2. The normalized spacial score (nSPS) is 13.2. The van der Waals surface area contributed by atoms with E-state index in [9.17, 15) is 13.2 Å². The number of nitrogens with zero attached hydrogens (tertiary/aromatic N) is 1. The Labute approximate surface area is 136 Å². The van der Waals surface area contributed by atoms with E-state index in [4.69, 9.17) is 0 Å². The molecule has 0 radical (unpaired) electrons. The lowest BCUT2D eigenvalue weighted by Crippen LogP contribution is -2.45. The Morgan fingerprint density at radius 3 is 2.50 bits per heavy atom. The van der Waals surface area contributed by atoms with Crippen LogP contribution in [0.5, 0.6) is 0 Å². The molecule has 0 aliphatic carbocycles. The van der Waals surface area contributed by atoms with Gasteiger partial charge in [0, 0.05) is 19.5 Å². The number of carbonyl (C=O) groups excluding carboxylic acids is 1. The molecule has 1 amide bonds. The third kappa shape index (κ3) is 6.64. The molecule has 0 saturated carbocycles. The molecule has 22 heavy (non-hydrogen) atoms. The summed E-state index contributed by atoms with van der Waals surface area (Å²) >= 11 is 1.57. The van der Waals surface area contributed by atoms with E-state index in [0.29, 0.717) is 12.2 Å². The van der Waals surface area contributed by atoms with Gasteiger partial charge in [0.1, 0.15) is 6.04 Å². The molecule has 7 heteroatoms. The first kappa shape index (κ1) is 18.7. The first-order valence-electron chi connectivity index (χ1n) is 6.81. The number of carbonyl (C=O) groups is 1. The van der Waals surface area contributed by atoms with E-state index in [1.54, 1.807) is 25.9 Å². The number of nitrogens with one attached hydrogen (secondary N) is 1. The highest BCUT2D eigenvalue weighted by Crippen LogP contribution is 2.07. The van der Waals surface area contributed by atoms with Gasteiger partial charge in [-0.2, -0.15) is 16.5 Å². The molecule has 0 aliphatic heterocycles. The van der Waals surface area contributed by atoms with Crippen LogP contribution in [0.25, 0.3) is 6.08 Å². The number of hydrogen-bond donors (Lipinski definition) is 1. The quantitative estimate of drug-likeness (QED) is 0.782. The predicted octanol–water partition coefficient (Wildman–Crippen LogP) is 1.79. The molecule has 1 rings (SSSR count). The van der Waals surface area contributed by atoms with Crippen LogP contribution in [0, 0.1) is 0 Å². The fraction of sp³-hybridized carbons (Fsp3) is 0.400. The van der Waals surface area contributed by atoms with Gasteiger partial charge in [-0.1, -0.05) is 30.3 Å². The molecular weight excluding hydrogens is 320 g/mol. The minimum Gasteiger partial charge on any atom is -0.347 e. The average Bonchev–Trinajstić information content (AvgIpc) is 2.49. The lowest BCUT2D eigenvalue weighted by atomic mass is 10.2. The highest BCUT2D eigenvalue weighted by Gasteiger charge is 2.23. The first-order valence-corrected chi connectivity index (χ1v) is 9.75. The van der Waals surface area contributed by atoms with Crippen molar-refractivity contribution in [2.24, 2.45) is 0 Å². The zero-order chi connectivity index (χ0) is 16.6. The highest BCUT2D eigenvalue weighted by atomic mass is 32.2. The molecule has 1 aromatic rings. The van der Waals surface area contributed by atoms with Gasteiger partial charge in [-0.05, 0) is 30.1 Å². The molecule has 0 aromatic heterocycles. The smallest absolute Gasteiger partial charge is 0.240 e. The second-order valence-electron chi connectivity index (χ2n) is 4.94. The maximum Gasteiger partial charge on any atom is 0.240 e. The van der Waals surface area contributed by atoms with Crippen molar-refractivity contribution in [1.29, 1.82) is 0 Å². The van der Waals surface area contributed by atoms with Gasteiger partial charge in [0.05, 0.1) is 0 Å². The largest absolute Gasteiger partial charge is 0.347 e. The number of amides is 1. The van der Waals surface area contributed by atoms with Crippen molar-refractivity contribution in [3.8, 4) is 0 Å². The van der Waals surface area contributed by atoms with Crippen molar-refractivity contribution in [2.75, 3.05) is 26.1 Å². The topological polar surface area (TPSA) is 66.5 Å². The zero-order valence-corrected chi connectivity index (χ0v) is 14.7. The van der Waals surface area contributed by atoms with Gasteiger partial charge in [-0.15, -0.1) is 0 Å². The van der Waals surface area contributed by atoms with E-state index in [1.165, 1.54) is 11.0 Å². The summed E-state index contributed by atoms with van der Waals surface area (Å²) in [6, 6.07) is 8.39. The van der Waals surface area contributed by atoms with E-state index in [-0.39, 0.29) is 5.91 Å². The van der Waals surface area contributed by atoms with Crippen LogP contribution in [0.3, 0.4) is 0 Å². The predicted molar refractivity (Wildman–Crippen MR) is 93.0 cm³/mol. The Morgan fingerprint density at radius 2 is 1.95 bits per heavy atom. The summed E-state index contributed by atoms with van der Waals surface area (Å²) in [7, 11) is -0.448. The van der Waals surface area contributed by atoms with Crippen LogP contribution in [0.15, 0.2) is 35.7 Å². The van der Waals surface area contributed by atoms with E-state index in [2.05, 4.69) is 4.72 Å². The van der Waals surface area contributed by atoms with Crippen LogP contribution < -0.4 is 4.72 Å². The lowest BCUT2D eigenvalue weighted by molar-refractivity contribution is -0.130. The van der Waals surface area contributed by atoms with Gasteiger partial charge in [-0.3, -0.25) is 4.79 Å². The van der Waals surface area contributed by atoms with Crippen LogP contribution in [0.2, 0.25) is 0 Å². The van der Waals surface area contributed by atoms with Crippen LogP contribution in [-0.4, -0.2) is 51.4 Å². The Kier molecular flexibility index (Phi) is 7.64. The van der Waals surface area contributed by atoms with Gasteiger partial charge < -0.3 is 4.90 Å². The zero-order valence-electron chi connectivity index (χ0n) is 13.0. The Hall–Kier alpha value is -1.31. The first-order chi connectivity index (χ1) is 10.4. The molecule has 1 N–H and O–H groups in total. The summed E-state index contributed by atoms with van der Waals surface area (Å²) in [6.45, 7) is 0. The van der Waals surface area contributed by atoms with E-state index < -0.39 is 16.1 Å². The van der Waals surface area contributed by atoms with Crippen LogP contribution in [0.4, 0.5) is 0 Å². The number of benzene rings is 1. The Morgan fingerprint density at radius 1 is 1.32 bits per heavy atom. The van der Waals surface area contributed by atoms with Gasteiger partial charge in [0.2, 0.25) is 15.9 Å². The molecule has 122 valence electrons. The second kappa shape index (κ2) is 8.97. The van der Waals surface area contributed by atoms with Crippen LogP contribution in [0.1, 0.15) is 12.0 Å². The maximum atomic E-state index is 12.1. The Bertz CT molecular complexity index is 598. The molecule has 0 spiro atoms. The summed E-state index contributed by atoms with van der Waals surface area (Å²) in [5, 5.41) is 1.09. The van der Waals surface area contributed by atoms with Gasteiger partial charge in [0.15, 0.2) is 0 Å². The number of thioether (sulfide) groups is 1. The van der Waals surface area contributed by atoms with Gasteiger partial charge in [-0.25, -0.2) is 8.42 Å². The third-order valence-electron chi connectivity index (χ3n) is 2.90. The molecule has 0 unspecified atom stereocenters. The van der Waals surface area contributed by atoms with Crippen molar-refractivity contribution >= 4 is 33.8 Å². The van der Waals surface area contributed by atoms with Crippen molar-refractivity contribution < 1.29 is 13.2 Å². The average molecular weight is 342 g/mol. The summed E-state index contributed by atoms with van der Waals surface area (Å²) in [5.74, 6) is 0.459. The molecule has 0 fully saturated rings. The van der Waals surface area contributed by atoms with Gasteiger partial charge >= 0.3 is 0 Å². The van der Waals surface area contributed by atoms with Crippen molar-refractivity contribution in [3.63, 3.8) is 0 Å². The van der Waals surface area contributed by atoms with E-state index >= 15 is 0 Å². The number of rotatable bonds is 8. The second-order valence-corrected chi connectivity index (χ2v) is 7.53. The lowest BCUT2D eigenvalue weighted by Gasteiger charge is -2.20. The van der Waals surface area contributed by atoms with E-state index in [1.807, 2.05) is 36.6 Å². The standard InChI is InChI=1S/C15H22N2O3S2/c1-17(2)15(18)14(9-11-21-3)16-22(19,20)12-10-13-7-5-4-6-8-13/h4-8,10,12,14,16H,9,11H2,1-3H3/b12-10+/t14-/m0/s1. The highest BCUT2D eigenvalue weighted by molar-refractivity contribution is 7.98. The SMILES string of the molecule is CSCC[C@H](NS(=O)(=O)/C=C/c1ccccc1)C(=O)N(C)C. The molecule has 0 heterocycles. The number of hydrogen-bond acceptors (Lipinski definition) is 4. The third-order valence-corrected chi connectivity index (χ3v) is 4.65. The van der Waals surface area contributed by atoms with E-state index in [0.717, 1.165) is 11.0 Å². The molecule has 0 aliphatic rings. The molecule has 0 bridgehead atoms. The minimum atomic E-state index is -3.68. The molecule has 1 atom stereocenters. The van der Waals surface area contributed by atoms with Gasteiger partial charge in [0.25, 0.3) is 0 Å². The summed E-state index contributed by atoms with van der Waals surface area (Å²) in [6.07, 6.45) is 3.88. The van der Waals surface area contributed by atoms with Crippen molar-refractivity contribution in [1.82, 2.24) is 9.62 Å². The van der Waals surface area contributed by atoms with Crippen LogP contribution >= 0.6 is 11.8 Å². The molecule has 0 saturated heterocycles. The van der Waals surface area contributed by atoms with Crippen molar-refractivity contribution in [2.45, 2.75) is 12.5 Å². The monoisotopic (exact) mass is 342 g/mol. The molecule has 5 nitrogen and oxygen atoms in total. The summed E-state index contributed by atoms with van der Waals surface area (Å²) < 4.78 is 26.7. The Balaban J connectivity index is 2.81. The molecule has 1 aromatic carbocycles. The summed E-state index contributed by atoms with van der Waals surface area (Å²) in [4.78, 5) is 13.5. The maximum absolute atomic E-state index is 12.1. The van der Waals surface area contributed by atoms with Crippen LogP contribution in [-0.2, 0) is 14.8 Å². The fourth-order valence-electron chi connectivity index (χ4n) is 1.75. The van der Waals surface area contributed by atoms with Crippen molar-refractivity contribution in [3.05, 3.63) is 41.3 Å².